The number of nitrogens with two attached hydrogens (primary N) is 1. The lowest BCUT2D eigenvalue weighted by molar-refractivity contribution is 0.0695. The van der Waals surface area contributed by atoms with Crippen molar-refractivity contribution in [1.29, 1.82) is 0 Å². The second-order valence-electron chi connectivity index (χ2n) is 7.05. The van der Waals surface area contributed by atoms with E-state index in [1.165, 1.54) is 12.1 Å². The molecule has 2 heterocycles. The van der Waals surface area contributed by atoms with Crippen LogP contribution in [0.25, 0.3) is 11.3 Å². The summed E-state index contributed by atoms with van der Waals surface area (Å²) >= 11 is 0. The highest BCUT2D eigenvalue weighted by Gasteiger charge is 2.53. The number of halogens is 1. The topological polar surface area (TPSA) is 99.4 Å². The summed E-state index contributed by atoms with van der Waals surface area (Å²) in [4.78, 5) is 27.8. The van der Waals surface area contributed by atoms with E-state index in [9.17, 15) is 14.0 Å². The molecule has 4 rings (SSSR count). The molecular weight excluding hydrogens is 337 g/mol. The number of nitrogens with one attached hydrogen (secondary N) is 1. The fourth-order valence-electron chi connectivity index (χ4n) is 3.94. The number of nitrogens with zero attached hydrogens (tertiary/aromatic N) is 1. The number of aromatic nitrogens is 1. The maximum atomic E-state index is 14.8. The van der Waals surface area contributed by atoms with Gasteiger partial charge in [0.25, 0.3) is 5.56 Å². The van der Waals surface area contributed by atoms with Gasteiger partial charge in [0.05, 0.1) is 5.69 Å². The molecule has 1 saturated heterocycles. The van der Waals surface area contributed by atoms with E-state index in [4.69, 9.17) is 10.8 Å². The number of carbonyl (C=O) groups is 1. The third-order valence-corrected chi connectivity index (χ3v) is 5.58. The van der Waals surface area contributed by atoms with E-state index in [0.717, 1.165) is 18.8 Å². The second-order valence-corrected chi connectivity index (χ2v) is 7.05. The molecule has 2 fully saturated rings. The Morgan fingerprint density at radius 3 is 2.62 bits per heavy atom. The van der Waals surface area contributed by atoms with Gasteiger partial charge < -0.3 is 20.7 Å². The number of carboxylic acid groups (broad SMARTS) is 1. The minimum Gasteiger partial charge on any atom is -0.477 e. The first-order valence-corrected chi connectivity index (χ1v) is 8.70. The monoisotopic (exact) mass is 357 g/mol. The van der Waals surface area contributed by atoms with Crippen molar-refractivity contribution in [1.82, 2.24) is 4.98 Å². The molecular formula is C19H20FN3O3. The van der Waals surface area contributed by atoms with Crippen molar-refractivity contribution >= 4 is 11.7 Å². The molecule has 136 valence electrons. The average molecular weight is 357 g/mol. The average Bonchev–Trinajstić information content (AvgIpc) is 3.03. The third kappa shape index (κ3) is 2.59. The molecule has 1 aliphatic carbocycles. The SMILES string of the molecule is CCc1cc(C(=O)O)c(=O)[nH]c1-c1ccc(N2C[C@@H]3C(N)[C@@H]3C2)cc1F. The highest BCUT2D eigenvalue weighted by atomic mass is 19.1. The van der Waals surface area contributed by atoms with Crippen molar-refractivity contribution in [2.24, 2.45) is 17.6 Å². The number of anilines is 1. The predicted molar refractivity (Wildman–Crippen MR) is 96.0 cm³/mol. The van der Waals surface area contributed by atoms with Crippen LogP contribution in [0.5, 0.6) is 0 Å². The number of piperidine rings is 1. The first-order chi connectivity index (χ1) is 12.4. The quantitative estimate of drug-likeness (QED) is 0.775. The Morgan fingerprint density at radius 2 is 2.04 bits per heavy atom. The van der Waals surface area contributed by atoms with Gasteiger partial charge in [0.15, 0.2) is 0 Å². The maximum Gasteiger partial charge on any atom is 0.341 e. The Kier molecular flexibility index (Phi) is 3.84. The number of hydrogen-bond donors (Lipinski definition) is 3. The first-order valence-electron chi connectivity index (χ1n) is 8.70. The first kappa shape index (κ1) is 16.8. The zero-order valence-electron chi connectivity index (χ0n) is 14.3. The maximum absolute atomic E-state index is 14.8. The zero-order valence-corrected chi connectivity index (χ0v) is 14.3. The van der Waals surface area contributed by atoms with Crippen molar-refractivity contribution in [2.45, 2.75) is 19.4 Å². The molecule has 2 aliphatic rings. The summed E-state index contributed by atoms with van der Waals surface area (Å²) in [5.41, 5.74) is 6.85. The normalized spacial score (nSPS) is 23.8. The van der Waals surface area contributed by atoms with Crippen LogP contribution in [0.1, 0.15) is 22.8 Å². The van der Waals surface area contributed by atoms with Crippen LogP contribution in [0.15, 0.2) is 29.1 Å². The number of hydrogen-bond acceptors (Lipinski definition) is 4. The van der Waals surface area contributed by atoms with Gasteiger partial charge in [-0.1, -0.05) is 6.92 Å². The molecule has 3 atom stereocenters. The number of carboxylic acids is 1. The van der Waals surface area contributed by atoms with Gasteiger partial charge >= 0.3 is 5.97 Å². The molecule has 4 N–H and O–H groups in total. The molecule has 1 saturated carbocycles. The number of aromatic amines is 1. The van der Waals surface area contributed by atoms with Crippen LogP contribution < -0.4 is 16.2 Å². The third-order valence-electron chi connectivity index (χ3n) is 5.58. The summed E-state index contributed by atoms with van der Waals surface area (Å²) in [7, 11) is 0. The lowest BCUT2D eigenvalue weighted by Gasteiger charge is -2.22. The summed E-state index contributed by atoms with van der Waals surface area (Å²) in [5, 5.41) is 9.09. The molecule has 26 heavy (non-hydrogen) atoms. The van der Waals surface area contributed by atoms with Crippen molar-refractivity contribution in [3.05, 3.63) is 51.6 Å². The number of rotatable bonds is 4. The summed E-state index contributed by atoms with van der Waals surface area (Å²) in [5.74, 6) is -0.733. The molecule has 0 bridgehead atoms. The number of pyridine rings is 1. The van der Waals surface area contributed by atoms with Crippen LogP contribution in [-0.4, -0.2) is 35.2 Å². The van der Waals surface area contributed by atoms with Crippen LogP contribution >= 0.6 is 0 Å². The molecule has 1 aliphatic heterocycles. The van der Waals surface area contributed by atoms with Gasteiger partial charge in [-0.3, -0.25) is 4.79 Å². The van der Waals surface area contributed by atoms with E-state index in [2.05, 4.69) is 9.88 Å². The molecule has 1 aromatic carbocycles. The van der Waals surface area contributed by atoms with Crippen LogP contribution in [0.2, 0.25) is 0 Å². The van der Waals surface area contributed by atoms with E-state index in [-0.39, 0.29) is 17.2 Å². The summed E-state index contributed by atoms with van der Waals surface area (Å²) < 4.78 is 14.8. The van der Waals surface area contributed by atoms with Gasteiger partial charge in [0, 0.05) is 30.4 Å². The van der Waals surface area contributed by atoms with E-state index in [1.54, 1.807) is 6.07 Å². The lowest BCUT2D eigenvalue weighted by atomic mass is 10.0. The lowest BCUT2D eigenvalue weighted by Crippen LogP contribution is -2.28. The molecule has 0 amide bonds. The van der Waals surface area contributed by atoms with Crippen LogP contribution in [0, 0.1) is 17.7 Å². The molecule has 1 aromatic heterocycles. The van der Waals surface area contributed by atoms with E-state index in [1.807, 2.05) is 13.0 Å². The number of fused-ring (bicyclic) bond motifs is 1. The van der Waals surface area contributed by atoms with E-state index in [0.29, 0.717) is 29.5 Å². The fourth-order valence-corrected chi connectivity index (χ4v) is 3.94. The molecule has 6 nitrogen and oxygen atoms in total. The van der Waals surface area contributed by atoms with Gasteiger partial charge in [-0.05, 0) is 48.1 Å². The smallest absolute Gasteiger partial charge is 0.341 e. The van der Waals surface area contributed by atoms with Gasteiger partial charge in [-0.25, -0.2) is 9.18 Å². The minimum absolute atomic E-state index is 0.265. The molecule has 2 aromatic rings. The Hall–Kier alpha value is -2.67. The Bertz CT molecular complexity index is 944. The van der Waals surface area contributed by atoms with Crippen molar-refractivity contribution in [2.75, 3.05) is 18.0 Å². The van der Waals surface area contributed by atoms with Gasteiger partial charge in [-0.15, -0.1) is 0 Å². The standard InChI is InChI=1S/C19H20FN3O3/c1-2-9-5-12(19(25)26)18(24)22-17(9)11-4-3-10(6-15(11)20)23-7-13-14(8-23)16(13)21/h3-6,13-14,16H,2,7-8,21H2,1H3,(H,22,24)(H,25,26)/t13-,14+,16?. The van der Waals surface area contributed by atoms with Crippen molar-refractivity contribution in [3.8, 4) is 11.3 Å². The highest BCUT2D eigenvalue weighted by Crippen LogP contribution is 2.45. The number of benzene rings is 1. The van der Waals surface area contributed by atoms with Gasteiger partial charge in [0.2, 0.25) is 0 Å². The second kappa shape index (κ2) is 5.95. The zero-order chi connectivity index (χ0) is 18.6. The molecule has 7 heteroatoms. The van der Waals surface area contributed by atoms with Crippen molar-refractivity contribution in [3.63, 3.8) is 0 Å². The van der Waals surface area contributed by atoms with Gasteiger partial charge in [0.1, 0.15) is 11.4 Å². The van der Waals surface area contributed by atoms with E-state index < -0.39 is 17.3 Å². The van der Waals surface area contributed by atoms with Crippen LogP contribution in [0.4, 0.5) is 10.1 Å². The summed E-state index contributed by atoms with van der Waals surface area (Å²) in [6.45, 7) is 3.51. The Balaban J connectivity index is 1.69. The number of aromatic carboxylic acids is 1. The number of aryl methyl sites for hydroxylation is 1. The summed E-state index contributed by atoms with van der Waals surface area (Å²) in [6, 6.07) is 6.53. The molecule has 0 spiro atoms. The molecule has 1 unspecified atom stereocenters. The van der Waals surface area contributed by atoms with E-state index >= 15 is 0 Å². The Morgan fingerprint density at radius 1 is 1.35 bits per heavy atom. The fraction of sp³-hybridized carbons (Fsp3) is 0.368. The van der Waals surface area contributed by atoms with Crippen LogP contribution in [0.3, 0.4) is 0 Å². The molecule has 0 radical (unpaired) electrons. The minimum atomic E-state index is -1.30. The van der Waals surface area contributed by atoms with Gasteiger partial charge in [-0.2, -0.15) is 0 Å². The largest absolute Gasteiger partial charge is 0.477 e. The van der Waals surface area contributed by atoms with Crippen LogP contribution in [-0.2, 0) is 6.42 Å². The highest BCUT2D eigenvalue weighted by molar-refractivity contribution is 5.88. The predicted octanol–water partition coefficient (Wildman–Crippen LogP) is 1.83. The number of H-pyrrole nitrogens is 1. The van der Waals surface area contributed by atoms with Crippen molar-refractivity contribution < 1.29 is 14.3 Å². The Labute approximate surface area is 149 Å². The summed E-state index contributed by atoms with van der Waals surface area (Å²) in [6.07, 6.45) is 0.473.